The highest BCUT2D eigenvalue weighted by atomic mass is 35.5. The van der Waals surface area contributed by atoms with Gasteiger partial charge in [0.25, 0.3) is 0 Å². The lowest BCUT2D eigenvalue weighted by Crippen LogP contribution is -2.12. The fourth-order valence-electron chi connectivity index (χ4n) is 1.97. The topological polar surface area (TPSA) is 26.3 Å². The van der Waals surface area contributed by atoms with E-state index in [0.29, 0.717) is 18.7 Å². The quantitative estimate of drug-likeness (QED) is 0.430. The number of hydrogen-bond acceptors (Lipinski definition) is 2. The SMILES string of the molecule is CC1(C)/C(=C(/Cl)C(F)(F)F)C1C(=O)OCCCCCl. The number of unbranched alkanes of at least 4 members (excludes halogenated alkanes) is 1. The van der Waals surface area contributed by atoms with Crippen LogP contribution in [0.3, 0.4) is 0 Å². The Morgan fingerprint density at radius 1 is 1.37 bits per heavy atom. The van der Waals surface area contributed by atoms with Gasteiger partial charge in [0.05, 0.1) is 12.5 Å². The zero-order valence-corrected chi connectivity index (χ0v) is 12.1. The first-order valence-electron chi connectivity index (χ1n) is 5.84. The van der Waals surface area contributed by atoms with Crippen LogP contribution in [0.4, 0.5) is 13.2 Å². The van der Waals surface area contributed by atoms with E-state index < -0.39 is 28.5 Å². The first-order valence-corrected chi connectivity index (χ1v) is 6.75. The highest BCUT2D eigenvalue weighted by Crippen LogP contribution is 2.62. The molecule has 7 heteroatoms. The van der Waals surface area contributed by atoms with Crippen LogP contribution in [0.15, 0.2) is 10.6 Å². The Morgan fingerprint density at radius 3 is 2.42 bits per heavy atom. The van der Waals surface area contributed by atoms with Crippen molar-refractivity contribution in [3.05, 3.63) is 10.6 Å². The van der Waals surface area contributed by atoms with Gasteiger partial charge < -0.3 is 4.74 Å². The molecule has 0 aromatic heterocycles. The summed E-state index contributed by atoms with van der Waals surface area (Å²) in [5.41, 5.74) is -0.986. The van der Waals surface area contributed by atoms with Crippen LogP contribution in [0.2, 0.25) is 0 Å². The summed E-state index contributed by atoms with van der Waals surface area (Å²) in [6.45, 7) is 3.25. The summed E-state index contributed by atoms with van der Waals surface area (Å²) >= 11 is 10.8. The number of carbonyl (C=O) groups is 1. The molecule has 0 aliphatic heterocycles. The molecule has 0 saturated heterocycles. The number of rotatable bonds is 5. The molecular formula is C12H15Cl2F3O2. The summed E-state index contributed by atoms with van der Waals surface area (Å²) < 4.78 is 42.5. The number of allylic oxidation sites excluding steroid dienone is 1. The normalized spacial score (nSPS) is 24.1. The van der Waals surface area contributed by atoms with Crippen LogP contribution in [0, 0.1) is 11.3 Å². The average Bonchev–Trinajstić information content (AvgIpc) is 2.85. The molecule has 19 heavy (non-hydrogen) atoms. The zero-order chi connectivity index (χ0) is 14.8. The van der Waals surface area contributed by atoms with E-state index in [1.165, 1.54) is 0 Å². The summed E-state index contributed by atoms with van der Waals surface area (Å²) in [5, 5.41) is -1.21. The lowest BCUT2D eigenvalue weighted by molar-refractivity contribution is -0.145. The van der Waals surface area contributed by atoms with E-state index in [-0.39, 0.29) is 12.2 Å². The molecule has 0 aromatic rings. The molecule has 2 nitrogen and oxygen atoms in total. The summed E-state index contributed by atoms with van der Waals surface area (Å²) in [6, 6.07) is 0. The van der Waals surface area contributed by atoms with Crippen molar-refractivity contribution in [1.82, 2.24) is 0 Å². The van der Waals surface area contributed by atoms with E-state index in [0.717, 1.165) is 0 Å². The highest BCUT2D eigenvalue weighted by Gasteiger charge is 2.62. The molecule has 1 fully saturated rings. The molecule has 1 unspecified atom stereocenters. The molecule has 0 amide bonds. The van der Waals surface area contributed by atoms with Crippen molar-refractivity contribution in [1.29, 1.82) is 0 Å². The van der Waals surface area contributed by atoms with Gasteiger partial charge in [0.1, 0.15) is 5.03 Å². The Kier molecular flexibility index (Phi) is 5.18. The van der Waals surface area contributed by atoms with E-state index in [4.69, 9.17) is 27.9 Å². The molecule has 1 saturated carbocycles. The van der Waals surface area contributed by atoms with Crippen molar-refractivity contribution in [2.45, 2.75) is 32.9 Å². The molecule has 110 valence electrons. The minimum Gasteiger partial charge on any atom is -0.465 e. The maximum absolute atomic E-state index is 12.5. The number of carbonyl (C=O) groups excluding carboxylic acids is 1. The average molecular weight is 319 g/mol. The number of ether oxygens (including phenoxy) is 1. The van der Waals surface area contributed by atoms with Crippen LogP contribution in [0.25, 0.3) is 0 Å². The number of hydrogen-bond donors (Lipinski definition) is 0. The van der Waals surface area contributed by atoms with Gasteiger partial charge in [-0.2, -0.15) is 13.2 Å². The van der Waals surface area contributed by atoms with Crippen molar-refractivity contribution in [2.75, 3.05) is 12.5 Å². The molecule has 1 aliphatic carbocycles. The van der Waals surface area contributed by atoms with Gasteiger partial charge in [-0.25, -0.2) is 0 Å². The first kappa shape index (κ1) is 16.6. The van der Waals surface area contributed by atoms with Crippen molar-refractivity contribution in [3.8, 4) is 0 Å². The third kappa shape index (κ3) is 3.78. The molecule has 1 atom stereocenters. The van der Waals surface area contributed by atoms with Crippen LogP contribution < -0.4 is 0 Å². The van der Waals surface area contributed by atoms with E-state index in [9.17, 15) is 18.0 Å². The minimum atomic E-state index is -4.62. The lowest BCUT2D eigenvalue weighted by Gasteiger charge is -2.04. The number of halogens is 5. The summed E-state index contributed by atoms with van der Waals surface area (Å²) in [5.74, 6) is -1.10. The maximum atomic E-state index is 12.5. The van der Waals surface area contributed by atoms with Gasteiger partial charge in [0.2, 0.25) is 0 Å². The molecule has 0 heterocycles. The third-order valence-corrected chi connectivity index (χ3v) is 3.80. The van der Waals surface area contributed by atoms with E-state index in [1.807, 2.05) is 0 Å². The van der Waals surface area contributed by atoms with Gasteiger partial charge in [-0.05, 0) is 18.4 Å². The molecule has 0 aromatic carbocycles. The van der Waals surface area contributed by atoms with Crippen LogP contribution in [-0.4, -0.2) is 24.6 Å². The standard InChI is InChI=1S/C12H15Cl2F3O2/c1-11(2)7(9(14)12(15,16)17)8(11)10(18)19-6-4-3-5-13/h8H,3-6H2,1-2H3/b9-7+. The molecular weight excluding hydrogens is 304 g/mol. The molecule has 0 bridgehead atoms. The summed E-state index contributed by atoms with van der Waals surface area (Å²) in [6.07, 6.45) is -3.34. The number of esters is 1. The fraction of sp³-hybridized carbons (Fsp3) is 0.750. The van der Waals surface area contributed by atoms with Crippen LogP contribution in [0.5, 0.6) is 0 Å². The zero-order valence-electron chi connectivity index (χ0n) is 10.6. The Hall–Kier alpha value is -0.420. The first-order chi connectivity index (χ1) is 8.64. The van der Waals surface area contributed by atoms with Gasteiger partial charge in [0.15, 0.2) is 0 Å². The highest BCUT2D eigenvalue weighted by molar-refractivity contribution is 6.31. The minimum absolute atomic E-state index is 0.0935. The Bertz CT molecular complexity index is 389. The van der Waals surface area contributed by atoms with Crippen molar-refractivity contribution >= 4 is 29.2 Å². The van der Waals surface area contributed by atoms with E-state index >= 15 is 0 Å². The van der Waals surface area contributed by atoms with Gasteiger partial charge in [-0.15, -0.1) is 11.6 Å². The summed E-state index contributed by atoms with van der Waals surface area (Å²) in [4.78, 5) is 11.7. The third-order valence-electron chi connectivity index (χ3n) is 3.11. The maximum Gasteiger partial charge on any atom is 0.426 e. The van der Waals surface area contributed by atoms with E-state index in [1.54, 1.807) is 13.8 Å². The summed E-state index contributed by atoms with van der Waals surface area (Å²) in [7, 11) is 0. The van der Waals surface area contributed by atoms with Gasteiger partial charge in [-0.3, -0.25) is 4.79 Å². The Labute approximate surface area is 119 Å². The Balaban J connectivity index is 2.68. The molecule has 1 aliphatic rings. The second kappa shape index (κ2) is 5.92. The van der Waals surface area contributed by atoms with Crippen LogP contribution in [-0.2, 0) is 9.53 Å². The fourth-order valence-corrected chi connectivity index (χ4v) is 2.52. The molecule has 1 rings (SSSR count). The second-order valence-electron chi connectivity index (χ2n) is 4.94. The predicted molar refractivity (Wildman–Crippen MR) is 67.1 cm³/mol. The molecule has 0 radical (unpaired) electrons. The van der Waals surface area contributed by atoms with Crippen molar-refractivity contribution in [3.63, 3.8) is 0 Å². The van der Waals surface area contributed by atoms with Crippen molar-refractivity contribution < 1.29 is 22.7 Å². The van der Waals surface area contributed by atoms with E-state index in [2.05, 4.69) is 0 Å². The molecule has 0 N–H and O–H groups in total. The lowest BCUT2D eigenvalue weighted by atomic mass is 10.1. The van der Waals surface area contributed by atoms with Gasteiger partial charge in [-0.1, -0.05) is 25.4 Å². The monoisotopic (exact) mass is 318 g/mol. The largest absolute Gasteiger partial charge is 0.465 e. The Morgan fingerprint density at radius 2 is 1.95 bits per heavy atom. The molecule has 0 spiro atoms. The predicted octanol–water partition coefficient (Wildman–Crippen LogP) is 4.26. The number of alkyl halides is 4. The van der Waals surface area contributed by atoms with Crippen molar-refractivity contribution in [2.24, 2.45) is 11.3 Å². The van der Waals surface area contributed by atoms with Crippen LogP contribution in [0.1, 0.15) is 26.7 Å². The van der Waals surface area contributed by atoms with Crippen LogP contribution >= 0.6 is 23.2 Å². The van der Waals surface area contributed by atoms with Gasteiger partial charge in [0, 0.05) is 11.3 Å². The second-order valence-corrected chi connectivity index (χ2v) is 5.70. The smallest absolute Gasteiger partial charge is 0.426 e. The van der Waals surface area contributed by atoms with Gasteiger partial charge >= 0.3 is 12.1 Å².